The van der Waals surface area contributed by atoms with Gasteiger partial charge in [0.1, 0.15) is 0 Å². The predicted molar refractivity (Wildman–Crippen MR) is 63.9 cm³/mol. The van der Waals surface area contributed by atoms with E-state index in [9.17, 15) is 9.59 Å². The Morgan fingerprint density at radius 3 is 2.82 bits per heavy atom. The van der Waals surface area contributed by atoms with Crippen LogP contribution >= 0.6 is 0 Å². The normalized spacial score (nSPS) is 19.4. The number of carbonyl (C=O) groups is 2. The number of carbonyl (C=O) groups excluding carboxylic acids is 1. The Bertz CT molecular complexity index is 271. The summed E-state index contributed by atoms with van der Waals surface area (Å²) >= 11 is 0. The lowest BCUT2D eigenvalue weighted by atomic mass is 10.1. The number of rotatable bonds is 6. The molecule has 0 aliphatic carbocycles. The van der Waals surface area contributed by atoms with Crippen LogP contribution in [0.3, 0.4) is 0 Å². The van der Waals surface area contributed by atoms with Gasteiger partial charge in [0, 0.05) is 26.1 Å². The zero-order chi connectivity index (χ0) is 12.7. The fraction of sp³-hybridized carbons (Fsp3) is 0.818. The summed E-state index contributed by atoms with van der Waals surface area (Å²) in [6.45, 7) is 2.75. The number of carboxylic acids is 1. The third-order valence-electron chi connectivity index (χ3n) is 2.92. The van der Waals surface area contributed by atoms with Gasteiger partial charge >= 0.3 is 12.0 Å². The van der Waals surface area contributed by atoms with Crippen molar-refractivity contribution in [2.24, 2.45) is 5.92 Å². The highest BCUT2D eigenvalue weighted by molar-refractivity contribution is 5.74. The standard InChI is InChI=1S/C11H21N3O3/c1-12-4-2-5-13-11(17)14-6-3-9(8-14)7-10(15)16/h9,12H,2-8H2,1H3,(H,13,17)(H,15,16). The van der Waals surface area contributed by atoms with Crippen molar-refractivity contribution in [3.8, 4) is 0 Å². The Morgan fingerprint density at radius 2 is 2.18 bits per heavy atom. The van der Waals surface area contributed by atoms with Crippen LogP contribution in [0.25, 0.3) is 0 Å². The van der Waals surface area contributed by atoms with E-state index in [0.29, 0.717) is 19.6 Å². The summed E-state index contributed by atoms with van der Waals surface area (Å²) in [6.07, 6.45) is 1.84. The van der Waals surface area contributed by atoms with Crippen molar-refractivity contribution in [3.63, 3.8) is 0 Å². The highest BCUT2D eigenvalue weighted by Gasteiger charge is 2.27. The summed E-state index contributed by atoms with van der Waals surface area (Å²) in [5.74, 6) is -0.679. The Labute approximate surface area is 101 Å². The van der Waals surface area contributed by atoms with E-state index in [1.165, 1.54) is 0 Å². The van der Waals surface area contributed by atoms with Gasteiger partial charge in [0.15, 0.2) is 0 Å². The van der Waals surface area contributed by atoms with Crippen LogP contribution in [0.5, 0.6) is 0 Å². The van der Waals surface area contributed by atoms with E-state index in [1.807, 2.05) is 7.05 Å². The zero-order valence-corrected chi connectivity index (χ0v) is 10.2. The summed E-state index contributed by atoms with van der Waals surface area (Å²) in [6, 6.07) is -0.0750. The van der Waals surface area contributed by atoms with Gasteiger partial charge in [-0.05, 0) is 32.4 Å². The molecule has 6 heteroatoms. The molecule has 0 aromatic rings. The van der Waals surface area contributed by atoms with Gasteiger partial charge < -0.3 is 20.6 Å². The molecule has 1 aliphatic heterocycles. The molecule has 6 nitrogen and oxygen atoms in total. The predicted octanol–water partition coefficient (Wildman–Crippen LogP) is 0.102. The molecule has 1 heterocycles. The molecular formula is C11H21N3O3. The zero-order valence-electron chi connectivity index (χ0n) is 10.2. The van der Waals surface area contributed by atoms with E-state index in [1.54, 1.807) is 4.90 Å². The molecule has 0 aromatic heterocycles. The maximum Gasteiger partial charge on any atom is 0.317 e. The van der Waals surface area contributed by atoms with Gasteiger partial charge in [-0.1, -0.05) is 0 Å². The number of carboxylic acid groups (broad SMARTS) is 1. The number of nitrogens with one attached hydrogen (secondary N) is 2. The van der Waals surface area contributed by atoms with Crippen LogP contribution in [0.2, 0.25) is 0 Å². The van der Waals surface area contributed by atoms with Crippen LogP contribution in [-0.4, -0.2) is 55.2 Å². The molecule has 98 valence electrons. The highest BCUT2D eigenvalue weighted by atomic mass is 16.4. The molecule has 0 saturated carbocycles. The fourth-order valence-corrected chi connectivity index (χ4v) is 2.00. The van der Waals surface area contributed by atoms with E-state index in [0.717, 1.165) is 19.4 Å². The fourth-order valence-electron chi connectivity index (χ4n) is 2.00. The lowest BCUT2D eigenvalue weighted by Crippen LogP contribution is -2.39. The number of hydrogen-bond acceptors (Lipinski definition) is 3. The van der Waals surface area contributed by atoms with Gasteiger partial charge in [0.25, 0.3) is 0 Å². The Balaban J connectivity index is 2.18. The topological polar surface area (TPSA) is 81.7 Å². The summed E-state index contributed by atoms with van der Waals surface area (Å²) < 4.78 is 0. The monoisotopic (exact) mass is 243 g/mol. The minimum absolute atomic E-state index is 0.0750. The average molecular weight is 243 g/mol. The molecule has 1 rings (SSSR count). The molecule has 3 N–H and O–H groups in total. The Kier molecular flexibility index (Phi) is 5.76. The van der Waals surface area contributed by atoms with Crippen molar-refractivity contribution >= 4 is 12.0 Å². The molecule has 1 fully saturated rings. The first kappa shape index (κ1) is 13.8. The van der Waals surface area contributed by atoms with Gasteiger partial charge in [-0.2, -0.15) is 0 Å². The number of likely N-dealkylation sites (tertiary alicyclic amines) is 1. The van der Waals surface area contributed by atoms with Crippen molar-refractivity contribution in [2.75, 3.05) is 33.2 Å². The molecule has 0 radical (unpaired) electrons. The van der Waals surface area contributed by atoms with Crippen molar-refractivity contribution in [3.05, 3.63) is 0 Å². The quantitative estimate of drug-likeness (QED) is 0.578. The second kappa shape index (κ2) is 7.11. The smallest absolute Gasteiger partial charge is 0.317 e. The average Bonchev–Trinajstić information content (AvgIpc) is 2.71. The molecule has 1 aliphatic rings. The van der Waals surface area contributed by atoms with Gasteiger partial charge in [-0.15, -0.1) is 0 Å². The van der Waals surface area contributed by atoms with Crippen LogP contribution in [-0.2, 0) is 4.79 Å². The second-order valence-electron chi connectivity index (χ2n) is 4.39. The SMILES string of the molecule is CNCCCNC(=O)N1CCC(CC(=O)O)C1. The number of aliphatic carboxylic acids is 1. The molecule has 1 saturated heterocycles. The van der Waals surface area contributed by atoms with Crippen molar-refractivity contribution in [2.45, 2.75) is 19.3 Å². The van der Waals surface area contributed by atoms with Gasteiger partial charge in [0.05, 0.1) is 0 Å². The van der Waals surface area contributed by atoms with Crippen LogP contribution in [0.15, 0.2) is 0 Å². The molecular weight excluding hydrogens is 222 g/mol. The summed E-state index contributed by atoms with van der Waals surface area (Å²) in [4.78, 5) is 23.9. The van der Waals surface area contributed by atoms with Gasteiger partial charge in [-0.3, -0.25) is 4.79 Å². The summed E-state index contributed by atoms with van der Waals surface area (Å²) in [5, 5.41) is 14.5. The first-order valence-electron chi connectivity index (χ1n) is 6.02. The van der Waals surface area contributed by atoms with E-state index in [-0.39, 0.29) is 18.4 Å². The van der Waals surface area contributed by atoms with E-state index < -0.39 is 5.97 Å². The largest absolute Gasteiger partial charge is 0.481 e. The minimum Gasteiger partial charge on any atom is -0.481 e. The minimum atomic E-state index is -0.786. The maximum atomic E-state index is 11.7. The number of urea groups is 1. The third-order valence-corrected chi connectivity index (χ3v) is 2.92. The van der Waals surface area contributed by atoms with Crippen molar-refractivity contribution < 1.29 is 14.7 Å². The van der Waals surface area contributed by atoms with Gasteiger partial charge in [-0.25, -0.2) is 4.79 Å². The van der Waals surface area contributed by atoms with E-state index >= 15 is 0 Å². The lowest BCUT2D eigenvalue weighted by molar-refractivity contribution is -0.138. The van der Waals surface area contributed by atoms with E-state index in [2.05, 4.69) is 10.6 Å². The maximum absolute atomic E-state index is 11.7. The molecule has 0 spiro atoms. The lowest BCUT2D eigenvalue weighted by Gasteiger charge is -2.17. The molecule has 2 amide bonds. The third kappa shape index (κ3) is 5.04. The number of hydrogen-bond donors (Lipinski definition) is 3. The van der Waals surface area contributed by atoms with Crippen LogP contribution in [0, 0.1) is 5.92 Å². The molecule has 17 heavy (non-hydrogen) atoms. The van der Waals surface area contributed by atoms with Crippen LogP contribution in [0.1, 0.15) is 19.3 Å². The highest BCUT2D eigenvalue weighted by Crippen LogP contribution is 2.19. The van der Waals surface area contributed by atoms with Gasteiger partial charge in [0.2, 0.25) is 0 Å². The van der Waals surface area contributed by atoms with Crippen molar-refractivity contribution in [1.82, 2.24) is 15.5 Å². The molecule has 0 aromatic carbocycles. The molecule has 1 unspecified atom stereocenters. The first-order chi connectivity index (χ1) is 8.13. The first-order valence-corrected chi connectivity index (χ1v) is 6.02. The molecule has 1 atom stereocenters. The number of amides is 2. The Morgan fingerprint density at radius 1 is 1.41 bits per heavy atom. The summed E-state index contributed by atoms with van der Waals surface area (Å²) in [5.41, 5.74) is 0. The van der Waals surface area contributed by atoms with Crippen LogP contribution < -0.4 is 10.6 Å². The number of nitrogens with zero attached hydrogens (tertiary/aromatic N) is 1. The Hall–Kier alpha value is -1.30. The second-order valence-corrected chi connectivity index (χ2v) is 4.39. The van der Waals surface area contributed by atoms with E-state index in [4.69, 9.17) is 5.11 Å². The van der Waals surface area contributed by atoms with Crippen molar-refractivity contribution in [1.29, 1.82) is 0 Å². The van der Waals surface area contributed by atoms with Crippen LogP contribution in [0.4, 0.5) is 4.79 Å². The summed E-state index contributed by atoms with van der Waals surface area (Å²) in [7, 11) is 1.87. The molecule has 0 bridgehead atoms.